The summed E-state index contributed by atoms with van der Waals surface area (Å²) in [6.45, 7) is 24.7. The average Bonchev–Trinajstić information content (AvgIpc) is 3.81. The summed E-state index contributed by atoms with van der Waals surface area (Å²) in [7, 11) is -4.15. The first-order valence-electron chi connectivity index (χ1n) is 23.4. The number of rotatable bonds is 9. The van der Waals surface area contributed by atoms with Gasteiger partial charge in [0.15, 0.2) is 6.61 Å². The van der Waals surface area contributed by atoms with Crippen LogP contribution < -0.4 is 0 Å². The molecule has 64 heavy (non-hydrogen) atoms. The Labute approximate surface area is 381 Å². The topological polar surface area (TPSA) is 191 Å². The van der Waals surface area contributed by atoms with Crippen molar-refractivity contribution in [1.29, 1.82) is 0 Å². The zero-order valence-corrected chi connectivity index (χ0v) is 40.4. The van der Waals surface area contributed by atoms with Gasteiger partial charge in [-0.3, -0.25) is 13.8 Å². The van der Waals surface area contributed by atoms with Gasteiger partial charge >= 0.3 is 11.9 Å². The lowest BCUT2D eigenvalue weighted by atomic mass is 9.44. The fraction of sp³-hybridized carbons (Fsp3) is 0.725. The number of hydrogen-bond acceptors (Lipinski definition) is 12. The summed E-state index contributed by atoms with van der Waals surface area (Å²) in [5.74, 6) is -1.57. The molecule has 6 fully saturated rings. The van der Waals surface area contributed by atoms with Gasteiger partial charge in [-0.1, -0.05) is 85.2 Å². The number of carbonyl (C=O) groups is 4. The number of benzene rings is 1. The highest BCUT2D eigenvalue weighted by atomic mass is 32.2. The number of carbonyl (C=O) groups excluding carboxylic acids is 4. The molecule has 4 unspecified atom stereocenters. The van der Waals surface area contributed by atoms with Gasteiger partial charge in [0.05, 0.1) is 17.1 Å². The summed E-state index contributed by atoms with van der Waals surface area (Å²) in [5, 5.41) is 32.2. The molecule has 0 aromatic heterocycles. The zero-order valence-electron chi connectivity index (χ0n) is 39.6. The quantitative estimate of drug-likeness (QED) is 0.126. The Morgan fingerprint density at radius 1 is 0.719 bits per heavy atom. The molecule has 0 radical (unpaired) electrons. The zero-order chi connectivity index (χ0) is 47.6. The molecule has 3 N–H and O–H groups in total. The third kappa shape index (κ3) is 7.98. The minimum absolute atomic E-state index is 0.0394. The molecule has 0 saturated heterocycles. The van der Waals surface area contributed by atoms with Crippen LogP contribution in [0.15, 0.2) is 54.5 Å². The predicted molar refractivity (Wildman–Crippen MR) is 241 cm³/mol. The number of ether oxygens (including phenoxy) is 2. The van der Waals surface area contributed by atoms with Crippen molar-refractivity contribution in [2.75, 3.05) is 13.2 Å². The second-order valence-corrected chi connectivity index (χ2v) is 23.4. The average molecular weight is 911 g/mol. The minimum atomic E-state index is -4.15. The van der Waals surface area contributed by atoms with Crippen LogP contribution in [0.2, 0.25) is 0 Å². The molecular formula is C51H74O12S. The van der Waals surface area contributed by atoms with Gasteiger partial charge in [0, 0.05) is 46.3 Å². The Morgan fingerprint density at radius 3 is 1.52 bits per heavy atom. The van der Waals surface area contributed by atoms with Crippen molar-refractivity contribution < 1.29 is 56.6 Å². The van der Waals surface area contributed by atoms with E-state index in [9.17, 15) is 42.9 Å². The van der Waals surface area contributed by atoms with Gasteiger partial charge in [-0.2, -0.15) is 8.42 Å². The van der Waals surface area contributed by atoms with Crippen LogP contribution in [-0.4, -0.2) is 84.9 Å². The molecule has 0 heterocycles. The molecule has 6 aliphatic carbocycles. The van der Waals surface area contributed by atoms with E-state index >= 15 is 0 Å². The maximum absolute atomic E-state index is 13.4. The Hall–Kier alpha value is -3.23. The predicted octanol–water partition coefficient (Wildman–Crippen LogP) is 7.49. The largest absolute Gasteiger partial charge is 0.460 e. The van der Waals surface area contributed by atoms with E-state index in [1.807, 2.05) is 34.6 Å². The van der Waals surface area contributed by atoms with Crippen molar-refractivity contribution in [2.45, 2.75) is 156 Å². The van der Waals surface area contributed by atoms with E-state index in [1.54, 1.807) is 24.3 Å². The summed E-state index contributed by atoms with van der Waals surface area (Å²) in [6.07, 6.45) is 7.47. The SMILES string of the molecule is C=C[C@@]1(C)CC(OC(=O)CO)[C@]2(C)C(C)CC[C@]3(CCC(=O)[C@@H]23)[C@@H](C)[C@@H]1O.C=C[C@@]1(C)CC(OC(=O)COS(=O)(=O)c2ccc(C)cc2)[C@]2(C)C(C)CC[C@]3(CCC(=O)[C@@H]23)[C@@H](C)[C@@H]1O. The van der Waals surface area contributed by atoms with Crippen molar-refractivity contribution in [3.05, 3.63) is 55.1 Å². The smallest absolute Gasteiger partial charge is 0.333 e. The fourth-order valence-corrected chi connectivity index (χ4v) is 15.1. The minimum Gasteiger partial charge on any atom is -0.460 e. The Bertz CT molecular complexity index is 2100. The molecule has 16 atom stereocenters. The van der Waals surface area contributed by atoms with E-state index in [1.165, 1.54) is 12.1 Å². The first-order chi connectivity index (χ1) is 29.8. The lowest BCUT2D eigenvalue weighted by Gasteiger charge is -2.61. The van der Waals surface area contributed by atoms with Gasteiger partial charge in [0.1, 0.15) is 30.4 Å². The van der Waals surface area contributed by atoms with Gasteiger partial charge in [-0.15, -0.1) is 13.2 Å². The number of ketones is 2. The molecular weight excluding hydrogens is 837 g/mol. The maximum atomic E-state index is 13.4. The van der Waals surface area contributed by atoms with E-state index in [2.05, 4.69) is 40.9 Å². The standard InChI is InChI=1S/C29H40O7S.C22H34O5/c1-7-27(5)16-23(36-24(31)17-35-37(33,34)21-10-8-18(2)9-11-21)28(6)19(3)12-14-29(20(4)26(27)32)15-13-22(30)25(28)29;1-6-20(4)11-16(27-17(25)12-23)21(5)13(2)7-9-22(14(3)19(20)26)10-8-15(24)18(21)22/h7-11,19-20,23,25-26,32H,1,12-17H2,2-6H3;6,13-14,16,18-19,23,26H,1,7-12H2,2-5H3/t19?,20-,23?,25-,26-,27-,28-,29-;13?,14-,16?,18-,19-,20-,21-,22-/m00/s1. The fourth-order valence-electron chi connectivity index (χ4n) is 14.3. The molecule has 7 rings (SSSR count). The maximum Gasteiger partial charge on any atom is 0.333 e. The second-order valence-electron chi connectivity index (χ2n) is 21.8. The summed E-state index contributed by atoms with van der Waals surface area (Å²) < 4.78 is 42.1. The van der Waals surface area contributed by atoms with Gasteiger partial charge in [0.2, 0.25) is 0 Å². The van der Waals surface area contributed by atoms with Crippen molar-refractivity contribution >= 4 is 33.6 Å². The Kier molecular flexibility index (Phi) is 13.9. The first kappa shape index (κ1) is 50.2. The number of Topliss-reactive ketones (excluding diaryl/α,β-unsaturated/α-hetero) is 2. The van der Waals surface area contributed by atoms with Crippen LogP contribution in [-0.2, 0) is 43.0 Å². The lowest BCUT2D eigenvalue weighted by molar-refractivity contribution is -0.207. The van der Waals surface area contributed by atoms with Crippen LogP contribution in [0.3, 0.4) is 0 Å². The highest BCUT2D eigenvalue weighted by Crippen LogP contribution is 2.69. The number of aliphatic hydroxyl groups excluding tert-OH is 3. The molecule has 1 aromatic carbocycles. The van der Waals surface area contributed by atoms with Gasteiger partial charge in [-0.25, -0.2) is 9.59 Å². The lowest BCUT2D eigenvalue weighted by Crippen LogP contribution is -2.63. The van der Waals surface area contributed by atoms with Gasteiger partial charge < -0.3 is 24.8 Å². The van der Waals surface area contributed by atoms with Crippen LogP contribution in [0.4, 0.5) is 0 Å². The van der Waals surface area contributed by atoms with Crippen LogP contribution in [0.1, 0.15) is 125 Å². The van der Waals surface area contributed by atoms with E-state index in [4.69, 9.17) is 13.7 Å². The van der Waals surface area contributed by atoms with Gasteiger partial charge in [-0.05, 0) is 105 Å². The number of aliphatic hydroxyl groups is 3. The van der Waals surface area contributed by atoms with Gasteiger partial charge in [0.25, 0.3) is 10.1 Å². The van der Waals surface area contributed by atoms with Crippen LogP contribution in [0.25, 0.3) is 0 Å². The Balaban J connectivity index is 0.000000223. The molecule has 12 nitrogen and oxygen atoms in total. The first-order valence-corrected chi connectivity index (χ1v) is 24.8. The molecule has 13 heteroatoms. The monoisotopic (exact) mass is 910 g/mol. The van der Waals surface area contributed by atoms with Crippen LogP contribution >= 0.6 is 0 Å². The molecule has 1 aromatic rings. The number of aryl methyl sites for hydroxylation is 1. The second kappa shape index (κ2) is 17.8. The molecule has 6 aliphatic rings. The molecule has 356 valence electrons. The molecule has 0 spiro atoms. The number of esters is 2. The van der Waals surface area contributed by atoms with E-state index in [0.29, 0.717) is 25.7 Å². The normalized spacial score (nSPS) is 44.0. The number of hydrogen-bond donors (Lipinski definition) is 3. The summed E-state index contributed by atoms with van der Waals surface area (Å²) in [6, 6.07) is 6.17. The summed E-state index contributed by atoms with van der Waals surface area (Å²) >= 11 is 0. The molecule has 4 bridgehead atoms. The van der Waals surface area contributed by atoms with Crippen molar-refractivity contribution in [1.82, 2.24) is 0 Å². The Morgan fingerprint density at radius 2 is 1.12 bits per heavy atom. The van der Waals surface area contributed by atoms with Crippen molar-refractivity contribution in [2.24, 2.45) is 68.0 Å². The van der Waals surface area contributed by atoms with Crippen LogP contribution in [0.5, 0.6) is 0 Å². The third-order valence-electron chi connectivity index (χ3n) is 18.9. The van der Waals surface area contributed by atoms with Crippen molar-refractivity contribution in [3.8, 4) is 0 Å². The third-order valence-corrected chi connectivity index (χ3v) is 20.2. The van der Waals surface area contributed by atoms with E-state index in [0.717, 1.165) is 37.7 Å². The van der Waals surface area contributed by atoms with E-state index < -0.39 is 81.3 Å². The highest BCUT2D eigenvalue weighted by molar-refractivity contribution is 7.86. The highest BCUT2D eigenvalue weighted by Gasteiger charge is 2.70. The van der Waals surface area contributed by atoms with Crippen LogP contribution in [0, 0.1) is 74.9 Å². The van der Waals surface area contributed by atoms with E-state index in [-0.39, 0.29) is 69.2 Å². The molecule has 0 amide bonds. The molecule has 6 saturated carbocycles. The molecule has 0 aliphatic heterocycles. The summed E-state index contributed by atoms with van der Waals surface area (Å²) in [5.41, 5.74) is -2.34. The summed E-state index contributed by atoms with van der Waals surface area (Å²) in [4.78, 5) is 51.7. The van der Waals surface area contributed by atoms with Crippen molar-refractivity contribution in [3.63, 3.8) is 0 Å².